The number of hydrogen-bond donors (Lipinski definition) is 0. The number of carbonyl (C=O) groups is 2. The highest BCUT2D eigenvalue weighted by Gasteiger charge is 2.38. The second-order valence-electron chi connectivity index (χ2n) is 5.14. The number of aryl methyl sites for hydroxylation is 3. The number of anilines is 1. The van der Waals surface area contributed by atoms with Gasteiger partial charge in [-0.15, -0.1) is 10.2 Å². The number of ketones is 1. The molecule has 6 nitrogen and oxygen atoms in total. The molecule has 0 bridgehead atoms. The zero-order valence-corrected chi connectivity index (χ0v) is 12.1. The third-order valence-corrected chi connectivity index (χ3v) is 3.52. The van der Waals surface area contributed by atoms with Crippen LogP contribution in [0.4, 0.5) is 5.69 Å². The first-order chi connectivity index (χ1) is 10.0. The first-order valence-corrected chi connectivity index (χ1v) is 6.80. The number of aromatic nitrogens is 2. The summed E-state index contributed by atoms with van der Waals surface area (Å²) in [7, 11) is 0. The van der Waals surface area contributed by atoms with Gasteiger partial charge in [-0.3, -0.25) is 14.5 Å². The number of benzene rings is 1. The van der Waals surface area contributed by atoms with Crippen molar-refractivity contribution in [2.24, 2.45) is 0 Å². The number of nitrogens with zero attached hydrogens (tertiary/aromatic N) is 3. The van der Waals surface area contributed by atoms with Gasteiger partial charge in [-0.2, -0.15) is 0 Å². The normalized spacial score (nSPS) is 14.0. The summed E-state index contributed by atoms with van der Waals surface area (Å²) in [6, 6.07) is 3.73. The monoisotopic (exact) mass is 285 g/mol. The number of hydrogen-bond acceptors (Lipinski definition) is 5. The molecule has 0 spiro atoms. The molecular weight excluding hydrogens is 270 g/mol. The Morgan fingerprint density at radius 1 is 1.14 bits per heavy atom. The van der Waals surface area contributed by atoms with Gasteiger partial charge >= 0.3 is 0 Å². The van der Waals surface area contributed by atoms with E-state index in [1.807, 2.05) is 32.9 Å². The first kappa shape index (κ1) is 13.5. The van der Waals surface area contributed by atoms with Crippen LogP contribution < -0.4 is 4.90 Å². The van der Waals surface area contributed by atoms with Crippen molar-refractivity contribution in [3.63, 3.8) is 0 Å². The summed E-state index contributed by atoms with van der Waals surface area (Å²) in [5, 5.41) is 7.78. The predicted molar refractivity (Wildman–Crippen MR) is 75.1 cm³/mol. The van der Waals surface area contributed by atoms with Crippen LogP contribution in [0.1, 0.15) is 40.2 Å². The third kappa shape index (κ3) is 2.12. The Morgan fingerprint density at radius 3 is 2.52 bits per heavy atom. The summed E-state index contributed by atoms with van der Waals surface area (Å²) in [4.78, 5) is 25.7. The fourth-order valence-corrected chi connectivity index (χ4v) is 2.58. The average Bonchev–Trinajstić information content (AvgIpc) is 2.98. The van der Waals surface area contributed by atoms with Crippen LogP contribution in [-0.4, -0.2) is 21.9 Å². The molecule has 108 valence electrons. The minimum Gasteiger partial charge on any atom is -0.423 e. The number of Topliss-reactive ketones (excluding diaryl/α,β-unsaturated/α-hetero) is 1. The summed E-state index contributed by atoms with van der Waals surface area (Å²) in [5.74, 6) is -0.170. The van der Waals surface area contributed by atoms with E-state index >= 15 is 0 Å². The Balaban J connectivity index is 2.01. The molecule has 0 N–H and O–H groups in total. The highest BCUT2D eigenvalue weighted by atomic mass is 16.4. The number of rotatable bonds is 3. The van der Waals surface area contributed by atoms with E-state index in [4.69, 9.17) is 4.42 Å². The highest BCUT2D eigenvalue weighted by molar-refractivity contribution is 6.52. The van der Waals surface area contributed by atoms with E-state index in [0.29, 0.717) is 29.5 Å². The molecule has 0 saturated heterocycles. The summed E-state index contributed by atoms with van der Waals surface area (Å²) < 4.78 is 5.43. The van der Waals surface area contributed by atoms with Gasteiger partial charge in [0.2, 0.25) is 11.8 Å². The SMILES string of the molecule is CCc1nnc(CN2C(=O)C(=O)c3c(C)cc(C)cc32)o1. The lowest BCUT2D eigenvalue weighted by Gasteiger charge is -2.15. The lowest BCUT2D eigenvalue weighted by molar-refractivity contribution is -0.114. The molecule has 1 aliphatic rings. The predicted octanol–water partition coefficient (Wildman–Crippen LogP) is 1.98. The molecule has 1 aliphatic heterocycles. The van der Waals surface area contributed by atoms with Crippen molar-refractivity contribution in [1.29, 1.82) is 0 Å². The quantitative estimate of drug-likeness (QED) is 0.806. The van der Waals surface area contributed by atoms with Crippen LogP contribution in [0.3, 0.4) is 0 Å². The Morgan fingerprint density at radius 2 is 1.86 bits per heavy atom. The zero-order chi connectivity index (χ0) is 15.1. The van der Waals surface area contributed by atoms with E-state index < -0.39 is 11.7 Å². The summed E-state index contributed by atoms with van der Waals surface area (Å²) in [6.45, 7) is 5.79. The molecule has 0 atom stereocenters. The molecule has 1 aromatic carbocycles. The van der Waals surface area contributed by atoms with Crippen molar-refractivity contribution < 1.29 is 14.0 Å². The van der Waals surface area contributed by atoms with Crippen LogP contribution in [0.2, 0.25) is 0 Å². The van der Waals surface area contributed by atoms with E-state index in [9.17, 15) is 9.59 Å². The average molecular weight is 285 g/mol. The van der Waals surface area contributed by atoms with E-state index in [0.717, 1.165) is 11.1 Å². The Hall–Kier alpha value is -2.50. The molecule has 0 aliphatic carbocycles. The second-order valence-corrected chi connectivity index (χ2v) is 5.14. The zero-order valence-electron chi connectivity index (χ0n) is 12.1. The largest absolute Gasteiger partial charge is 0.423 e. The molecule has 0 fully saturated rings. The van der Waals surface area contributed by atoms with Crippen LogP contribution in [0, 0.1) is 13.8 Å². The summed E-state index contributed by atoms with van der Waals surface area (Å²) >= 11 is 0. The van der Waals surface area contributed by atoms with Gasteiger partial charge in [-0.25, -0.2) is 0 Å². The van der Waals surface area contributed by atoms with E-state index in [-0.39, 0.29) is 6.54 Å². The lowest BCUT2D eigenvalue weighted by atomic mass is 10.0. The number of fused-ring (bicyclic) bond motifs is 1. The van der Waals surface area contributed by atoms with Crippen molar-refractivity contribution in [2.75, 3.05) is 4.90 Å². The maximum atomic E-state index is 12.2. The van der Waals surface area contributed by atoms with Gasteiger partial charge in [0, 0.05) is 6.42 Å². The smallest absolute Gasteiger partial charge is 0.299 e. The molecular formula is C15H15N3O3. The molecule has 0 unspecified atom stereocenters. The van der Waals surface area contributed by atoms with Crippen molar-refractivity contribution in [3.8, 4) is 0 Å². The number of amides is 1. The maximum absolute atomic E-state index is 12.2. The van der Waals surface area contributed by atoms with E-state index in [1.165, 1.54) is 4.90 Å². The first-order valence-electron chi connectivity index (χ1n) is 6.80. The number of carbonyl (C=O) groups excluding carboxylic acids is 2. The summed E-state index contributed by atoms with van der Waals surface area (Å²) in [5.41, 5.74) is 2.91. The van der Waals surface area contributed by atoms with E-state index in [2.05, 4.69) is 10.2 Å². The molecule has 0 saturated carbocycles. The molecule has 0 radical (unpaired) electrons. The topological polar surface area (TPSA) is 76.3 Å². The van der Waals surface area contributed by atoms with Gasteiger partial charge in [0.1, 0.15) is 6.54 Å². The van der Waals surface area contributed by atoms with E-state index in [1.54, 1.807) is 0 Å². The van der Waals surface area contributed by atoms with Crippen molar-refractivity contribution in [3.05, 3.63) is 40.6 Å². The molecule has 1 amide bonds. The Bertz CT molecular complexity index is 749. The van der Waals surface area contributed by atoms with Crippen molar-refractivity contribution in [2.45, 2.75) is 33.7 Å². The highest BCUT2D eigenvalue weighted by Crippen LogP contribution is 2.33. The lowest BCUT2D eigenvalue weighted by Crippen LogP contribution is -2.29. The van der Waals surface area contributed by atoms with Crippen LogP contribution in [-0.2, 0) is 17.8 Å². The molecule has 21 heavy (non-hydrogen) atoms. The molecule has 6 heteroatoms. The molecule has 1 aromatic heterocycles. The van der Waals surface area contributed by atoms with Crippen molar-refractivity contribution >= 4 is 17.4 Å². The molecule has 2 aromatic rings. The Labute approximate surface area is 121 Å². The summed E-state index contributed by atoms with van der Waals surface area (Å²) in [6.07, 6.45) is 0.634. The van der Waals surface area contributed by atoms with Gasteiger partial charge in [0.15, 0.2) is 0 Å². The van der Waals surface area contributed by atoms with Gasteiger partial charge < -0.3 is 4.42 Å². The van der Waals surface area contributed by atoms with Crippen LogP contribution in [0.25, 0.3) is 0 Å². The minimum absolute atomic E-state index is 0.119. The van der Waals surface area contributed by atoms with Gasteiger partial charge in [0.25, 0.3) is 11.7 Å². The standard InChI is InChI=1S/C15H15N3O3/c1-4-11-16-17-12(21-11)7-18-10-6-8(2)5-9(3)13(10)14(19)15(18)20/h5-6H,4,7H2,1-3H3. The maximum Gasteiger partial charge on any atom is 0.299 e. The van der Waals surface area contributed by atoms with Gasteiger partial charge in [0.05, 0.1) is 11.3 Å². The fourth-order valence-electron chi connectivity index (χ4n) is 2.58. The second kappa shape index (κ2) is 4.80. The fraction of sp³-hybridized carbons (Fsp3) is 0.333. The van der Waals surface area contributed by atoms with Crippen molar-refractivity contribution in [1.82, 2.24) is 10.2 Å². The minimum atomic E-state index is -0.546. The third-order valence-electron chi connectivity index (χ3n) is 3.52. The molecule has 3 rings (SSSR count). The van der Waals surface area contributed by atoms with Crippen LogP contribution >= 0.6 is 0 Å². The van der Waals surface area contributed by atoms with Crippen LogP contribution in [0.15, 0.2) is 16.5 Å². The Kier molecular flexibility index (Phi) is 3.08. The van der Waals surface area contributed by atoms with Gasteiger partial charge in [-0.05, 0) is 31.0 Å². The van der Waals surface area contributed by atoms with Gasteiger partial charge in [-0.1, -0.05) is 13.0 Å². The molecule has 2 heterocycles. The van der Waals surface area contributed by atoms with Crippen LogP contribution in [0.5, 0.6) is 0 Å².